The molecule has 0 unspecified atom stereocenters. The second kappa shape index (κ2) is 12.3. The number of carbonyl (C=O) groups excluding carboxylic acids is 3. The van der Waals surface area contributed by atoms with Crippen LogP contribution in [0, 0.1) is 22.9 Å². The largest absolute Gasteiger partial charge is 0.451 e. The quantitative estimate of drug-likeness (QED) is 0.308. The Balaban J connectivity index is 1.24. The van der Waals surface area contributed by atoms with Crippen molar-refractivity contribution in [1.29, 1.82) is 0 Å². The van der Waals surface area contributed by atoms with Crippen molar-refractivity contribution in [2.24, 2.45) is 5.41 Å². The summed E-state index contributed by atoms with van der Waals surface area (Å²) in [4.78, 5) is 46.5. The lowest BCUT2D eigenvalue weighted by atomic mass is 10.0. The summed E-state index contributed by atoms with van der Waals surface area (Å²) in [6, 6.07) is 9.74. The van der Waals surface area contributed by atoms with E-state index in [0.29, 0.717) is 24.8 Å². The second-order valence-electron chi connectivity index (χ2n) is 10.8. The lowest BCUT2D eigenvalue weighted by Gasteiger charge is -2.35. The van der Waals surface area contributed by atoms with Crippen LogP contribution in [0.3, 0.4) is 0 Å². The highest BCUT2D eigenvalue weighted by molar-refractivity contribution is 6.17. The summed E-state index contributed by atoms with van der Waals surface area (Å²) < 4.78 is 48.7. The van der Waals surface area contributed by atoms with Crippen LogP contribution in [-0.2, 0) is 9.59 Å². The van der Waals surface area contributed by atoms with Crippen molar-refractivity contribution in [3.63, 3.8) is 0 Å². The summed E-state index contributed by atoms with van der Waals surface area (Å²) in [6.07, 6.45) is 3.43. The number of nitrogens with zero attached hydrogens (tertiary/aromatic N) is 3. The third-order valence-electron chi connectivity index (χ3n) is 7.69. The van der Waals surface area contributed by atoms with E-state index in [4.69, 9.17) is 4.74 Å². The van der Waals surface area contributed by atoms with Crippen molar-refractivity contribution in [2.75, 3.05) is 43.1 Å². The summed E-state index contributed by atoms with van der Waals surface area (Å²) in [7, 11) is 4.01. The van der Waals surface area contributed by atoms with E-state index in [1.54, 1.807) is 4.90 Å². The van der Waals surface area contributed by atoms with Gasteiger partial charge in [0, 0.05) is 37.1 Å². The lowest BCUT2D eigenvalue weighted by Crippen LogP contribution is -2.46. The fourth-order valence-electron chi connectivity index (χ4n) is 4.87. The average molecular weight is 597 g/mol. The maximum atomic E-state index is 15.4. The van der Waals surface area contributed by atoms with Gasteiger partial charge < -0.3 is 25.2 Å². The van der Waals surface area contributed by atoms with Gasteiger partial charge in [-0.05, 0) is 82.2 Å². The maximum absolute atomic E-state index is 15.4. The minimum absolute atomic E-state index is 0.00442. The van der Waals surface area contributed by atoms with Crippen LogP contribution in [0.5, 0.6) is 11.5 Å². The fraction of sp³-hybridized carbons (Fsp3) is 0.333. The number of aromatic nitrogens is 1. The molecule has 0 atom stereocenters. The third-order valence-corrected chi connectivity index (χ3v) is 7.69. The van der Waals surface area contributed by atoms with E-state index in [-0.39, 0.29) is 36.1 Å². The first kappa shape index (κ1) is 29.8. The number of halogens is 3. The van der Waals surface area contributed by atoms with Gasteiger partial charge in [0.15, 0.2) is 11.6 Å². The summed E-state index contributed by atoms with van der Waals surface area (Å²) in [5.41, 5.74) is -1.53. The molecule has 1 aliphatic heterocycles. The third kappa shape index (κ3) is 6.72. The summed E-state index contributed by atoms with van der Waals surface area (Å²) in [6.45, 7) is 1.16. The Morgan fingerprint density at radius 2 is 1.60 bits per heavy atom. The van der Waals surface area contributed by atoms with Gasteiger partial charge in [0.25, 0.3) is 0 Å². The molecule has 2 aliphatic rings. The van der Waals surface area contributed by atoms with Gasteiger partial charge in [0.05, 0.1) is 5.69 Å². The van der Waals surface area contributed by atoms with Crippen molar-refractivity contribution in [2.45, 2.75) is 31.7 Å². The van der Waals surface area contributed by atoms with Gasteiger partial charge in [0.2, 0.25) is 17.6 Å². The number of hydrogen-bond acceptors (Lipinski definition) is 6. The maximum Gasteiger partial charge on any atom is 0.323 e. The molecule has 3 N–H and O–H groups in total. The Morgan fingerprint density at radius 1 is 0.930 bits per heavy atom. The van der Waals surface area contributed by atoms with Gasteiger partial charge in [-0.25, -0.2) is 22.9 Å². The Hall–Kier alpha value is -4.65. The number of carbonyl (C=O) groups is 3. The molecule has 4 amide bonds. The Labute approximate surface area is 246 Å². The highest BCUT2D eigenvalue weighted by Crippen LogP contribution is 2.48. The van der Waals surface area contributed by atoms with E-state index in [9.17, 15) is 23.2 Å². The molecule has 2 heterocycles. The van der Waals surface area contributed by atoms with Crippen molar-refractivity contribution in [3.8, 4) is 11.5 Å². The highest BCUT2D eigenvalue weighted by Gasteiger charge is 2.56. The molecule has 5 rings (SSSR count). The summed E-state index contributed by atoms with van der Waals surface area (Å²) >= 11 is 0. The minimum atomic E-state index is -1.45. The number of nitrogens with one attached hydrogen (secondary N) is 3. The first-order valence-electron chi connectivity index (χ1n) is 13.8. The predicted molar refractivity (Wildman–Crippen MR) is 153 cm³/mol. The molecule has 1 saturated carbocycles. The van der Waals surface area contributed by atoms with E-state index in [1.165, 1.54) is 42.6 Å². The summed E-state index contributed by atoms with van der Waals surface area (Å²) in [5, 5.41) is 7.62. The van der Waals surface area contributed by atoms with Gasteiger partial charge in [-0.3, -0.25) is 14.9 Å². The van der Waals surface area contributed by atoms with Crippen LogP contribution in [-0.4, -0.2) is 65.9 Å². The van der Waals surface area contributed by atoms with Crippen molar-refractivity contribution in [1.82, 2.24) is 14.8 Å². The molecule has 1 aromatic heterocycles. The zero-order valence-corrected chi connectivity index (χ0v) is 23.6. The molecular formula is C30H31F3N6O4. The first-order chi connectivity index (χ1) is 20.6. The molecule has 10 nitrogen and oxygen atoms in total. The molecular weight excluding hydrogens is 565 g/mol. The molecule has 3 aromatic rings. The Bertz CT molecular complexity index is 1520. The molecule has 43 heavy (non-hydrogen) atoms. The van der Waals surface area contributed by atoms with Crippen LogP contribution in [0.4, 0.5) is 35.2 Å². The number of urea groups is 1. The number of ether oxygens (including phenoxy) is 1. The van der Waals surface area contributed by atoms with Crippen molar-refractivity contribution < 1.29 is 32.3 Å². The molecule has 0 radical (unpaired) electrons. The smallest absolute Gasteiger partial charge is 0.323 e. The monoisotopic (exact) mass is 596 g/mol. The molecule has 226 valence electrons. The molecule has 2 aromatic carbocycles. The van der Waals surface area contributed by atoms with Crippen molar-refractivity contribution in [3.05, 3.63) is 72.2 Å². The van der Waals surface area contributed by atoms with E-state index in [2.05, 4.69) is 25.8 Å². The highest BCUT2D eigenvalue weighted by atomic mass is 19.1. The topological polar surface area (TPSA) is 116 Å². The minimum Gasteiger partial charge on any atom is -0.451 e. The number of anilines is 3. The van der Waals surface area contributed by atoms with Crippen LogP contribution in [0.2, 0.25) is 0 Å². The number of likely N-dealkylation sites (tertiary alicyclic amines) is 1. The Morgan fingerprint density at radius 3 is 2.26 bits per heavy atom. The van der Waals surface area contributed by atoms with Gasteiger partial charge >= 0.3 is 6.03 Å². The van der Waals surface area contributed by atoms with E-state index < -0.39 is 40.4 Å². The first-order valence-corrected chi connectivity index (χ1v) is 13.8. The molecule has 1 saturated heterocycles. The normalized spacial score (nSPS) is 16.0. The van der Waals surface area contributed by atoms with Crippen LogP contribution >= 0.6 is 0 Å². The number of pyridine rings is 1. The Kier molecular flexibility index (Phi) is 8.53. The SMILES string of the molecule is CN(C)C1CCN(C(=O)Nc2cc(Oc3c(F)ccc(NC(=O)C4(C(=O)Nc5ccc(F)cc5)CC4)c3F)ccn2)CC1. The van der Waals surface area contributed by atoms with Gasteiger partial charge in [-0.2, -0.15) is 0 Å². The van der Waals surface area contributed by atoms with E-state index in [0.717, 1.165) is 25.0 Å². The van der Waals surface area contributed by atoms with Crippen LogP contribution in [0.15, 0.2) is 54.7 Å². The molecule has 1 aliphatic carbocycles. The predicted octanol–water partition coefficient (Wildman–Crippen LogP) is 5.21. The van der Waals surface area contributed by atoms with Gasteiger partial charge in [-0.1, -0.05) is 0 Å². The number of benzene rings is 2. The van der Waals surface area contributed by atoms with E-state index in [1.807, 2.05) is 14.1 Å². The van der Waals surface area contributed by atoms with E-state index >= 15 is 4.39 Å². The molecule has 13 heteroatoms. The molecule has 0 bridgehead atoms. The number of piperidine rings is 1. The van der Waals surface area contributed by atoms with Crippen LogP contribution in [0.25, 0.3) is 0 Å². The molecule has 2 fully saturated rings. The summed E-state index contributed by atoms with van der Waals surface area (Å²) in [5.74, 6) is -4.75. The zero-order valence-electron chi connectivity index (χ0n) is 23.6. The van der Waals surface area contributed by atoms with Crippen LogP contribution < -0.4 is 20.7 Å². The van der Waals surface area contributed by atoms with Crippen LogP contribution in [0.1, 0.15) is 25.7 Å². The number of rotatable bonds is 8. The van der Waals surface area contributed by atoms with Gasteiger partial charge in [-0.15, -0.1) is 0 Å². The fourth-order valence-corrected chi connectivity index (χ4v) is 4.87. The zero-order chi connectivity index (χ0) is 30.7. The lowest BCUT2D eigenvalue weighted by molar-refractivity contribution is -0.131. The molecule has 0 spiro atoms. The van der Waals surface area contributed by atoms with Gasteiger partial charge in [0.1, 0.15) is 22.8 Å². The average Bonchev–Trinajstić information content (AvgIpc) is 3.81. The number of hydrogen-bond donors (Lipinski definition) is 3. The number of amides is 4. The standard InChI is InChI=1S/C30H31F3N6O4/c1-38(2)20-10-15-39(16-11-20)29(42)37-24-17-21(9-14-34-24)43-26-22(32)7-8-23(25(26)33)36-28(41)30(12-13-30)27(40)35-19-5-3-18(31)4-6-19/h3-9,14,17,20H,10-13,15-16H2,1-2H3,(H,35,40)(H,36,41)(H,34,37,42). The second-order valence-corrected chi connectivity index (χ2v) is 10.8. The van der Waals surface area contributed by atoms with Crippen molar-refractivity contribution >= 4 is 35.0 Å².